The van der Waals surface area contributed by atoms with E-state index < -0.39 is 0 Å². The molecule has 0 saturated carbocycles. The van der Waals surface area contributed by atoms with Crippen LogP contribution in [0.5, 0.6) is 0 Å². The van der Waals surface area contributed by atoms with Gasteiger partial charge in [0.15, 0.2) is 0 Å². The molecule has 1 amide bonds. The summed E-state index contributed by atoms with van der Waals surface area (Å²) in [5.74, 6) is 0. The highest BCUT2D eigenvalue weighted by Crippen LogP contribution is 2.11. The molecule has 0 fully saturated rings. The lowest BCUT2D eigenvalue weighted by Gasteiger charge is -2.02. The van der Waals surface area contributed by atoms with Gasteiger partial charge in [-0.3, -0.25) is 4.79 Å². The van der Waals surface area contributed by atoms with E-state index in [2.05, 4.69) is 12.2 Å². The summed E-state index contributed by atoms with van der Waals surface area (Å²) in [4.78, 5) is 10.00. The average Bonchev–Trinajstić information content (AvgIpc) is 2.35. The Balaban J connectivity index is 2.87. The van der Waals surface area contributed by atoms with Crippen LogP contribution in [0.3, 0.4) is 0 Å². The van der Waals surface area contributed by atoms with Crippen molar-refractivity contribution in [2.45, 2.75) is 84.0 Å². The van der Waals surface area contributed by atoms with Crippen molar-refractivity contribution in [2.75, 3.05) is 6.54 Å². The van der Waals surface area contributed by atoms with E-state index in [4.69, 9.17) is 0 Å². The van der Waals surface area contributed by atoms with Crippen molar-refractivity contribution in [3.8, 4) is 0 Å². The van der Waals surface area contributed by atoms with Gasteiger partial charge in [0.25, 0.3) is 0 Å². The molecule has 0 rings (SSSR count). The van der Waals surface area contributed by atoms with E-state index in [1.165, 1.54) is 70.6 Å². The highest BCUT2D eigenvalue weighted by Gasteiger charge is 1.93. The molecule has 0 radical (unpaired) electrons. The van der Waals surface area contributed by atoms with Gasteiger partial charge in [-0.25, -0.2) is 0 Å². The second-order valence-corrected chi connectivity index (χ2v) is 4.96. The maximum atomic E-state index is 10.00. The molecule has 102 valence electrons. The third kappa shape index (κ3) is 15.5. The Morgan fingerprint density at radius 3 is 1.53 bits per heavy atom. The van der Waals surface area contributed by atoms with Gasteiger partial charge in [0.2, 0.25) is 6.41 Å². The fourth-order valence-electron chi connectivity index (χ4n) is 2.13. The van der Waals surface area contributed by atoms with Gasteiger partial charge in [-0.15, -0.1) is 0 Å². The minimum absolute atomic E-state index is 0.790. The number of rotatable bonds is 14. The van der Waals surface area contributed by atoms with Crippen LogP contribution in [0.4, 0.5) is 0 Å². The number of carbonyl (C=O) groups is 1. The highest BCUT2D eigenvalue weighted by atomic mass is 16.1. The SMILES string of the molecule is CCCCCCCCCCCCCCNC=O. The molecular weight excluding hydrogens is 210 g/mol. The summed E-state index contributed by atoms with van der Waals surface area (Å²) >= 11 is 0. The van der Waals surface area contributed by atoms with Crippen molar-refractivity contribution in [3.63, 3.8) is 0 Å². The molecule has 0 aliphatic heterocycles. The van der Waals surface area contributed by atoms with Gasteiger partial charge in [-0.1, -0.05) is 77.6 Å². The normalized spacial score (nSPS) is 10.4. The highest BCUT2D eigenvalue weighted by molar-refractivity contribution is 5.45. The lowest BCUT2D eigenvalue weighted by Crippen LogP contribution is -2.11. The molecular formula is C15H31NO. The minimum Gasteiger partial charge on any atom is -0.359 e. The van der Waals surface area contributed by atoms with Crippen LogP contribution in [0.15, 0.2) is 0 Å². The van der Waals surface area contributed by atoms with E-state index in [0.29, 0.717) is 0 Å². The summed E-state index contributed by atoms with van der Waals surface area (Å²) in [6, 6.07) is 0. The van der Waals surface area contributed by atoms with Crippen LogP contribution in [-0.2, 0) is 4.79 Å². The standard InChI is InChI=1S/C15H31NO/c1-2-3-4-5-6-7-8-9-10-11-12-13-14-16-15-17/h15H,2-14H2,1H3,(H,16,17). The number of hydrogen-bond donors (Lipinski definition) is 1. The van der Waals surface area contributed by atoms with Crippen LogP contribution in [-0.4, -0.2) is 13.0 Å². The predicted molar refractivity (Wildman–Crippen MR) is 75.1 cm³/mol. The van der Waals surface area contributed by atoms with Gasteiger partial charge in [0, 0.05) is 6.54 Å². The van der Waals surface area contributed by atoms with E-state index in [1.807, 2.05) is 0 Å². The monoisotopic (exact) mass is 241 g/mol. The lowest BCUT2D eigenvalue weighted by molar-refractivity contribution is -0.109. The summed E-state index contributed by atoms with van der Waals surface area (Å²) in [6.07, 6.45) is 17.2. The molecule has 0 unspecified atom stereocenters. The quantitative estimate of drug-likeness (QED) is 0.354. The molecule has 0 aliphatic rings. The van der Waals surface area contributed by atoms with Crippen molar-refractivity contribution >= 4 is 6.41 Å². The van der Waals surface area contributed by atoms with E-state index in [0.717, 1.165) is 19.4 Å². The number of hydrogen-bond acceptors (Lipinski definition) is 1. The zero-order valence-electron chi connectivity index (χ0n) is 11.7. The predicted octanol–water partition coefficient (Wildman–Crippen LogP) is 4.43. The Hall–Kier alpha value is -0.530. The van der Waals surface area contributed by atoms with E-state index >= 15 is 0 Å². The van der Waals surface area contributed by atoms with E-state index in [-0.39, 0.29) is 0 Å². The summed E-state index contributed by atoms with van der Waals surface area (Å²) in [5, 5.41) is 2.70. The van der Waals surface area contributed by atoms with Crippen LogP contribution >= 0.6 is 0 Å². The van der Waals surface area contributed by atoms with Crippen LogP contribution in [0.2, 0.25) is 0 Å². The van der Waals surface area contributed by atoms with Crippen LogP contribution < -0.4 is 5.32 Å². The lowest BCUT2D eigenvalue weighted by atomic mass is 10.1. The van der Waals surface area contributed by atoms with Gasteiger partial charge >= 0.3 is 0 Å². The Bertz CT molecular complexity index is 148. The molecule has 0 heterocycles. The first-order valence-corrected chi connectivity index (χ1v) is 7.59. The molecule has 0 aliphatic carbocycles. The molecule has 17 heavy (non-hydrogen) atoms. The minimum atomic E-state index is 0.790. The smallest absolute Gasteiger partial charge is 0.207 e. The average molecular weight is 241 g/mol. The van der Waals surface area contributed by atoms with Crippen molar-refractivity contribution in [1.29, 1.82) is 0 Å². The molecule has 0 spiro atoms. The summed E-state index contributed by atoms with van der Waals surface area (Å²) < 4.78 is 0. The fourth-order valence-corrected chi connectivity index (χ4v) is 2.13. The number of carbonyl (C=O) groups excluding carboxylic acids is 1. The van der Waals surface area contributed by atoms with Crippen molar-refractivity contribution in [3.05, 3.63) is 0 Å². The molecule has 0 saturated heterocycles. The largest absolute Gasteiger partial charge is 0.359 e. The second-order valence-electron chi connectivity index (χ2n) is 4.96. The topological polar surface area (TPSA) is 29.1 Å². The van der Waals surface area contributed by atoms with E-state index in [9.17, 15) is 4.79 Å². The number of amides is 1. The Morgan fingerprint density at radius 2 is 1.12 bits per heavy atom. The maximum absolute atomic E-state index is 10.00. The third-order valence-corrected chi connectivity index (χ3v) is 3.26. The Labute approximate surface area is 108 Å². The zero-order chi connectivity index (χ0) is 12.6. The number of unbranched alkanes of at least 4 members (excludes halogenated alkanes) is 11. The van der Waals surface area contributed by atoms with Crippen LogP contribution in [0.1, 0.15) is 84.0 Å². The van der Waals surface area contributed by atoms with Crippen molar-refractivity contribution < 1.29 is 4.79 Å². The molecule has 0 bridgehead atoms. The zero-order valence-corrected chi connectivity index (χ0v) is 11.7. The van der Waals surface area contributed by atoms with Crippen molar-refractivity contribution in [1.82, 2.24) is 5.32 Å². The first-order valence-electron chi connectivity index (χ1n) is 7.59. The van der Waals surface area contributed by atoms with Gasteiger partial charge in [0.1, 0.15) is 0 Å². The molecule has 0 aromatic carbocycles. The maximum Gasteiger partial charge on any atom is 0.207 e. The molecule has 1 N–H and O–H groups in total. The fraction of sp³-hybridized carbons (Fsp3) is 0.933. The molecule has 2 heteroatoms. The molecule has 0 atom stereocenters. The van der Waals surface area contributed by atoms with Crippen LogP contribution in [0, 0.1) is 0 Å². The van der Waals surface area contributed by atoms with Gasteiger partial charge in [-0.2, -0.15) is 0 Å². The van der Waals surface area contributed by atoms with Gasteiger partial charge in [-0.05, 0) is 6.42 Å². The molecule has 0 aromatic rings. The van der Waals surface area contributed by atoms with Crippen LogP contribution in [0.25, 0.3) is 0 Å². The number of nitrogens with one attached hydrogen (secondary N) is 1. The summed E-state index contributed by atoms with van der Waals surface area (Å²) in [7, 11) is 0. The van der Waals surface area contributed by atoms with E-state index in [1.54, 1.807) is 0 Å². The summed E-state index contributed by atoms with van der Waals surface area (Å²) in [5.41, 5.74) is 0. The Kier molecular flexibility index (Phi) is 15.0. The molecule has 0 aromatic heterocycles. The van der Waals surface area contributed by atoms with Crippen molar-refractivity contribution in [2.24, 2.45) is 0 Å². The second kappa shape index (κ2) is 15.5. The van der Waals surface area contributed by atoms with Gasteiger partial charge in [0.05, 0.1) is 0 Å². The first-order chi connectivity index (χ1) is 8.41. The Morgan fingerprint density at radius 1 is 0.706 bits per heavy atom. The summed E-state index contributed by atoms with van der Waals surface area (Å²) in [6.45, 7) is 3.12. The first kappa shape index (κ1) is 16.5. The van der Waals surface area contributed by atoms with Gasteiger partial charge < -0.3 is 5.32 Å². The molecule has 2 nitrogen and oxygen atoms in total. The third-order valence-electron chi connectivity index (χ3n) is 3.26.